The Kier molecular flexibility index (Phi) is 6.41. The number of H-pyrrole nitrogens is 1. The van der Waals surface area contributed by atoms with E-state index in [0.29, 0.717) is 37.5 Å². The van der Waals surface area contributed by atoms with Crippen LogP contribution in [0.5, 0.6) is 0 Å². The molecule has 178 valence electrons. The Labute approximate surface area is 194 Å². The number of benzene rings is 1. The van der Waals surface area contributed by atoms with Crippen molar-refractivity contribution in [2.75, 3.05) is 18.8 Å². The first kappa shape index (κ1) is 23.6. The van der Waals surface area contributed by atoms with Gasteiger partial charge in [-0.1, -0.05) is 57.2 Å². The minimum Gasteiger partial charge on any atom is -0.308 e. The smallest absolute Gasteiger partial charge is 0.281 e. The molecule has 0 saturated carbocycles. The highest BCUT2D eigenvalue weighted by atomic mass is 32.2. The molecule has 1 aromatic carbocycles. The molecular formula is C23H32N6O3S. The first-order valence-electron chi connectivity index (χ1n) is 11.5. The number of aromatic nitrogens is 5. The van der Waals surface area contributed by atoms with Crippen molar-refractivity contribution in [1.29, 1.82) is 0 Å². The van der Waals surface area contributed by atoms with Crippen LogP contribution in [0.15, 0.2) is 29.1 Å². The van der Waals surface area contributed by atoms with Gasteiger partial charge >= 0.3 is 0 Å². The Morgan fingerprint density at radius 3 is 2.58 bits per heavy atom. The summed E-state index contributed by atoms with van der Waals surface area (Å²) in [6, 6.07) is 8.32. The minimum atomic E-state index is -3.30. The van der Waals surface area contributed by atoms with Crippen LogP contribution in [0.1, 0.15) is 69.8 Å². The summed E-state index contributed by atoms with van der Waals surface area (Å²) in [4.78, 5) is 20.2. The maximum Gasteiger partial charge on any atom is 0.281 e. The van der Waals surface area contributed by atoms with Gasteiger partial charge in [0.25, 0.3) is 5.56 Å². The fourth-order valence-electron chi connectivity index (χ4n) is 4.27. The van der Waals surface area contributed by atoms with Crippen molar-refractivity contribution in [2.24, 2.45) is 0 Å². The number of hydrogen-bond acceptors (Lipinski definition) is 6. The van der Waals surface area contributed by atoms with E-state index in [1.54, 1.807) is 4.68 Å². The molecule has 2 aromatic heterocycles. The molecule has 1 aliphatic rings. The first-order chi connectivity index (χ1) is 15.6. The molecular weight excluding hydrogens is 440 g/mol. The van der Waals surface area contributed by atoms with E-state index in [2.05, 4.69) is 60.3 Å². The number of rotatable bonds is 6. The summed E-state index contributed by atoms with van der Waals surface area (Å²) in [5.74, 6) is 0.459. The van der Waals surface area contributed by atoms with Crippen LogP contribution in [0.4, 0.5) is 0 Å². The van der Waals surface area contributed by atoms with Gasteiger partial charge in [-0.05, 0) is 35.8 Å². The van der Waals surface area contributed by atoms with Crippen molar-refractivity contribution in [2.45, 2.75) is 64.8 Å². The van der Waals surface area contributed by atoms with E-state index in [0.717, 1.165) is 18.4 Å². The molecule has 33 heavy (non-hydrogen) atoms. The Morgan fingerprint density at radius 1 is 1.18 bits per heavy atom. The summed E-state index contributed by atoms with van der Waals surface area (Å²) in [5.41, 5.74) is 2.61. The highest BCUT2D eigenvalue weighted by molar-refractivity contribution is 7.89. The molecule has 1 atom stereocenters. The van der Waals surface area contributed by atoms with Gasteiger partial charge in [-0.3, -0.25) is 4.79 Å². The lowest BCUT2D eigenvalue weighted by molar-refractivity contribution is 0.309. The zero-order valence-electron chi connectivity index (χ0n) is 19.7. The second kappa shape index (κ2) is 8.98. The van der Waals surface area contributed by atoms with Crippen molar-refractivity contribution in [3.8, 4) is 0 Å². The van der Waals surface area contributed by atoms with E-state index in [-0.39, 0.29) is 28.2 Å². The molecule has 0 aliphatic carbocycles. The van der Waals surface area contributed by atoms with E-state index in [1.807, 2.05) is 6.92 Å². The van der Waals surface area contributed by atoms with Gasteiger partial charge in [-0.25, -0.2) is 22.4 Å². The molecule has 0 unspecified atom stereocenters. The van der Waals surface area contributed by atoms with Crippen LogP contribution in [0.2, 0.25) is 0 Å². The molecule has 9 nitrogen and oxygen atoms in total. The lowest BCUT2D eigenvalue weighted by Gasteiger charge is -2.31. The number of nitrogens with zero attached hydrogens (tertiary/aromatic N) is 5. The number of nitrogens with one attached hydrogen (secondary N) is 1. The quantitative estimate of drug-likeness (QED) is 0.590. The van der Waals surface area contributed by atoms with Crippen LogP contribution < -0.4 is 5.56 Å². The van der Waals surface area contributed by atoms with E-state index in [9.17, 15) is 13.2 Å². The third-order valence-electron chi connectivity index (χ3n) is 6.17. The molecule has 10 heteroatoms. The Morgan fingerprint density at radius 2 is 1.91 bits per heavy atom. The summed E-state index contributed by atoms with van der Waals surface area (Å²) in [7, 11) is -3.30. The van der Waals surface area contributed by atoms with Crippen molar-refractivity contribution in [3.05, 3.63) is 51.6 Å². The molecule has 0 amide bonds. The van der Waals surface area contributed by atoms with Crippen molar-refractivity contribution in [1.82, 2.24) is 29.3 Å². The SMILES string of the molecule is CCCS(=O)(=O)N1CCC[C@H](c2nc3c(nnn3Cc3ccc(C(C)(C)C)cc3)c(=O)[nH]2)C1. The number of sulfonamides is 1. The molecule has 1 aliphatic heterocycles. The highest BCUT2D eigenvalue weighted by Crippen LogP contribution is 2.27. The summed E-state index contributed by atoms with van der Waals surface area (Å²) in [6.07, 6.45) is 2.07. The number of hydrogen-bond donors (Lipinski definition) is 1. The van der Waals surface area contributed by atoms with Gasteiger partial charge in [0.15, 0.2) is 11.2 Å². The van der Waals surface area contributed by atoms with Crippen LogP contribution >= 0.6 is 0 Å². The van der Waals surface area contributed by atoms with E-state index in [4.69, 9.17) is 4.98 Å². The van der Waals surface area contributed by atoms with E-state index >= 15 is 0 Å². The summed E-state index contributed by atoms with van der Waals surface area (Å²) in [5, 5.41) is 8.20. The predicted molar refractivity (Wildman–Crippen MR) is 128 cm³/mol. The molecule has 1 N–H and O–H groups in total. The molecule has 3 aromatic rings. The molecule has 1 fully saturated rings. The van der Waals surface area contributed by atoms with Gasteiger partial charge in [0.05, 0.1) is 12.3 Å². The molecule has 0 radical (unpaired) electrons. The molecule has 4 rings (SSSR count). The first-order valence-corrected chi connectivity index (χ1v) is 13.1. The zero-order valence-corrected chi connectivity index (χ0v) is 20.5. The van der Waals surface area contributed by atoms with Gasteiger partial charge in [0.1, 0.15) is 5.82 Å². The van der Waals surface area contributed by atoms with E-state index < -0.39 is 10.0 Å². The zero-order chi connectivity index (χ0) is 23.8. The van der Waals surface area contributed by atoms with Gasteiger partial charge in [0, 0.05) is 19.0 Å². The number of aromatic amines is 1. The average molecular weight is 473 g/mol. The van der Waals surface area contributed by atoms with Crippen LogP contribution in [0, 0.1) is 0 Å². The van der Waals surface area contributed by atoms with Crippen molar-refractivity contribution >= 4 is 21.2 Å². The van der Waals surface area contributed by atoms with Gasteiger partial charge < -0.3 is 4.98 Å². The van der Waals surface area contributed by atoms with Crippen molar-refractivity contribution < 1.29 is 8.42 Å². The van der Waals surface area contributed by atoms with E-state index in [1.165, 1.54) is 9.87 Å². The monoisotopic (exact) mass is 472 g/mol. The standard InChI is InChI=1S/C23H32N6O3S/c1-5-13-33(31,32)28-12-6-7-17(15-28)20-24-21-19(22(30)25-20)26-27-29(21)14-16-8-10-18(11-9-16)23(2,3)4/h8-11,17H,5-7,12-15H2,1-4H3,(H,24,25,30)/t17-/m0/s1. The summed E-state index contributed by atoms with van der Waals surface area (Å²) < 4.78 is 28.3. The largest absolute Gasteiger partial charge is 0.308 e. The molecule has 3 heterocycles. The lowest BCUT2D eigenvalue weighted by Crippen LogP contribution is -2.41. The minimum absolute atomic E-state index is 0.0702. The maximum absolute atomic E-state index is 12.7. The third kappa shape index (κ3) is 5.01. The van der Waals surface area contributed by atoms with Crippen LogP contribution in [-0.4, -0.2) is 56.5 Å². The highest BCUT2D eigenvalue weighted by Gasteiger charge is 2.31. The Balaban J connectivity index is 1.62. The fraction of sp³-hybridized carbons (Fsp3) is 0.565. The van der Waals surface area contributed by atoms with Gasteiger partial charge in [-0.15, -0.1) is 5.10 Å². The number of fused-ring (bicyclic) bond motifs is 1. The second-order valence-electron chi connectivity index (χ2n) is 9.83. The normalized spacial score (nSPS) is 18.1. The fourth-order valence-corrected chi connectivity index (χ4v) is 5.86. The van der Waals surface area contributed by atoms with Crippen LogP contribution in [0.25, 0.3) is 11.2 Å². The van der Waals surface area contributed by atoms with Gasteiger partial charge in [-0.2, -0.15) is 0 Å². The predicted octanol–water partition coefficient (Wildman–Crippen LogP) is 2.78. The van der Waals surface area contributed by atoms with Crippen LogP contribution in [0.3, 0.4) is 0 Å². The Hall–Kier alpha value is -2.59. The van der Waals surface area contributed by atoms with Crippen LogP contribution in [-0.2, 0) is 22.0 Å². The topological polar surface area (TPSA) is 114 Å². The third-order valence-corrected chi connectivity index (χ3v) is 8.21. The van der Waals surface area contributed by atoms with Crippen molar-refractivity contribution in [3.63, 3.8) is 0 Å². The Bertz CT molecular complexity index is 1290. The summed E-state index contributed by atoms with van der Waals surface area (Å²) >= 11 is 0. The summed E-state index contributed by atoms with van der Waals surface area (Å²) in [6.45, 7) is 9.65. The molecule has 1 saturated heterocycles. The average Bonchev–Trinajstić information content (AvgIpc) is 3.17. The molecule has 0 bridgehead atoms. The lowest BCUT2D eigenvalue weighted by atomic mass is 9.87. The maximum atomic E-state index is 12.7. The second-order valence-corrected chi connectivity index (χ2v) is 11.9. The molecule has 0 spiro atoms. The number of piperidine rings is 1. The van der Waals surface area contributed by atoms with Gasteiger partial charge in [0.2, 0.25) is 10.0 Å².